The molecule has 7 heteroatoms. The van der Waals surface area contributed by atoms with Crippen LogP contribution in [0.5, 0.6) is 5.75 Å². The van der Waals surface area contributed by atoms with Gasteiger partial charge in [0, 0.05) is 36.3 Å². The normalized spacial score (nSPS) is 11.6. The minimum atomic E-state index is -3.07. The van der Waals surface area contributed by atoms with Crippen LogP contribution < -0.4 is 10.3 Å². The van der Waals surface area contributed by atoms with Gasteiger partial charge in [-0.05, 0) is 43.2 Å². The molecule has 1 heterocycles. The van der Waals surface area contributed by atoms with Crippen LogP contribution in [-0.4, -0.2) is 30.2 Å². The number of hydrogen-bond donors (Lipinski definition) is 0. The van der Waals surface area contributed by atoms with Gasteiger partial charge >= 0.3 is 6.61 Å². The lowest BCUT2D eigenvalue weighted by Crippen LogP contribution is -2.17. The molecule has 0 radical (unpaired) electrons. The van der Waals surface area contributed by atoms with E-state index in [1.54, 1.807) is 56.5 Å². The van der Waals surface area contributed by atoms with Crippen molar-refractivity contribution >= 4 is 10.8 Å². The number of nitrogens with zero attached hydrogens (tertiary/aromatic N) is 2. The van der Waals surface area contributed by atoms with Gasteiger partial charge in [0.2, 0.25) is 0 Å². The summed E-state index contributed by atoms with van der Waals surface area (Å²) < 4.78 is 46.5. The van der Waals surface area contributed by atoms with E-state index < -0.39 is 12.4 Å². The summed E-state index contributed by atoms with van der Waals surface area (Å²) in [5.41, 5.74) is 0.779. The molecule has 4 nitrogen and oxygen atoms in total. The Morgan fingerprint density at radius 3 is 2.44 bits per heavy atom. The Balaban J connectivity index is 2.27. The van der Waals surface area contributed by atoms with Gasteiger partial charge < -0.3 is 14.2 Å². The van der Waals surface area contributed by atoms with Gasteiger partial charge in [-0.15, -0.1) is 0 Å². The lowest BCUT2D eigenvalue weighted by Gasteiger charge is -2.18. The van der Waals surface area contributed by atoms with E-state index in [-0.39, 0.29) is 23.4 Å². The van der Waals surface area contributed by atoms with Gasteiger partial charge in [-0.1, -0.05) is 18.2 Å². The van der Waals surface area contributed by atoms with E-state index in [4.69, 9.17) is 0 Å². The second-order valence-corrected chi connectivity index (χ2v) is 6.56. The van der Waals surface area contributed by atoms with Crippen LogP contribution in [0.15, 0.2) is 47.4 Å². The molecule has 0 saturated heterocycles. The zero-order chi connectivity index (χ0) is 19.7. The first-order valence-corrected chi connectivity index (χ1v) is 8.28. The van der Waals surface area contributed by atoms with Crippen molar-refractivity contribution in [3.63, 3.8) is 0 Å². The fourth-order valence-electron chi connectivity index (χ4n) is 3.08. The molecule has 0 bridgehead atoms. The third kappa shape index (κ3) is 3.83. The van der Waals surface area contributed by atoms with Gasteiger partial charge in [0.15, 0.2) is 0 Å². The number of alkyl halides is 2. The third-order valence-corrected chi connectivity index (χ3v) is 4.25. The number of pyridine rings is 1. The van der Waals surface area contributed by atoms with E-state index in [1.807, 2.05) is 0 Å². The number of ether oxygens (including phenoxy) is 1. The Morgan fingerprint density at radius 2 is 1.81 bits per heavy atom. The molecule has 0 amide bonds. The summed E-state index contributed by atoms with van der Waals surface area (Å²) in [6.07, 6.45) is 1.57. The topological polar surface area (TPSA) is 34.5 Å². The molecule has 0 aliphatic heterocycles. The maximum absolute atomic E-state index is 14.8. The highest BCUT2D eigenvalue weighted by Gasteiger charge is 2.19. The van der Waals surface area contributed by atoms with Gasteiger partial charge in [0.05, 0.1) is 0 Å². The molecular weight excluding hydrogens is 357 g/mol. The lowest BCUT2D eigenvalue weighted by molar-refractivity contribution is -0.0508. The Bertz CT molecular complexity index is 1050. The van der Waals surface area contributed by atoms with Crippen molar-refractivity contribution < 1.29 is 17.9 Å². The van der Waals surface area contributed by atoms with Crippen LogP contribution >= 0.6 is 0 Å². The smallest absolute Gasteiger partial charge is 0.387 e. The average Bonchev–Trinajstić information content (AvgIpc) is 2.60. The van der Waals surface area contributed by atoms with Crippen molar-refractivity contribution in [2.45, 2.75) is 13.2 Å². The van der Waals surface area contributed by atoms with E-state index in [9.17, 15) is 18.0 Å². The van der Waals surface area contributed by atoms with Crippen LogP contribution in [0.4, 0.5) is 13.2 Å². The van der Waals surface area contributed by atoms with Gasteiger partial charge in [-0.2, -0.15) is 8.78 Å². The average molecular weight is 376 g/mol. The predicted molar refractivity (Wildman–Crippen MR) is 98.6 cm³/mol. The summed E-state index contributed by atoms with van der Waals surface area (Å²) in [4.78, 5) is 14.0. The number of aromatic nitrogens is 1. The first-order chi connectivity index (χ1) is 12.8. The van der Waals surface area contributed by atoms with Crippen LogP contribution in [0.1, 0.15) is 5.56 Å². The van der Waals surface area contributed by atoms with E-state index >= 15 is 0 Å². The predicted octanol–water partition coefficient (Wildman–Crippen LogP) is 4.01. The summed E-state index contributed by atoms with van der Waals surface area (Å²) in [7, 11) is 5.01. The maximum Gasteiger partial charge on any atom is 0.387 e. The SMILES string of the molecule is CN(C)Cc1c(F)cc(-c2cn(C)c(=O)c3ccccc23)cc1OC(F)F. The molecule has 27 heavy (non-hydrogen) atoms. The highest BCUT2D eigenvalue weighted by Crippen LogP contribution is 2.34. The van der Waals surface area contributed by atoms with Crippen LogP contribution in [0.25, 0.3) is 21.9 Å². The molecule has 0 spiro atoms. The number of hydrogen-bond acceptors (Lipinski definition) is 3. The maximum atomic E-state index is 14.8. The van der Waals surface area contributed by atoms with Gasteiger partial charge in [0.25, 0.3) is 5.56 Å². The molecule has 142 valence electrons. The van der Waals surface area contributed by atoms with E-state index in [0.29, 0.717) is 21.9 Å². The Hall–Kier alpha value is -2.80. The molecule has 0 fully saturated rings. The summed E-state index contributed by atoms with van der Waals surface area (Å²) in [6, 6.07) is 9.59. The molecule has 0 aliphatic rings. The van der Waals surface area contributed by atoms with Crippen LogP contribution in [0.2, 0.25) is 0 Å². The second kappa shape index (κ2) is 7.44. The van der Waals surface area contributed by atoms with Crippen LogP contribution in [0, 0.1) is 5.82 Å². The summed E-state index contributed by atoms with van der Waals surface area (Å²) in [5, 5.41) is 1.08. The number of halogens is 3. The minimum Gasteiger partial charge on any atom is -0.434 e. The quantitative estimate of drug-likeness (QED) is 0.675. The summed E-state index contributed by atoms with van der Waals surface area (Å²) in [5.74, 6) is -0.860. The summed E-state index contributed by atoms with van der Waals surface area (Å²) in [6.45, 7) is -2.96. The van der Waals surface area contributed by atoms with Crippen LogP contribution in [-0.2, 0) is 13.6 Å². The standard InChI is InChI=1S/C20H19F3N2O2/c1-24(2)10-16-17(21)8-12(9-18(16)27-20(22)23)15-11-25(3)19(26)14-7-5-4-6-13(14)15/h4-9,11,20H,10H2,1-3H3. The first kappa shape index (κ1) is 19.0. The number of aryl methyl sites for hydroxylation is 1. The Morgan fingerprint density at radius 1 is 1.15 bits per heavy atom. The molecule has 2 aromatic carbocycles. The fraction of sp³-hybridized carbons (Fsp3) is 0.250. The van der Waals surface area contributed by atoms with Crippen molar-refractivity contribution in [1.29, 1.82) is 0 Å². The molecule has 0 aliphatic carbocycles. The van der Waals surface area contributed by atoms with Crippen molar-refractivity contribution in [1.82, 2.24) is 9.47 Å². The lowest BCUT2D eigenvalue weighted by atomic mass is 9.98. The second-order valence-electron chi connectivity index (χ2n) is 6.56. The Labute approximate surface area is 154 Å². The zero-order valence-electron chi connectivity index (χ0n) is 15.2. The number of fused-ring (bicyclic) bond motifs is 1. The largest absolute Gasteiger partial charge is 0.434 e. The van der Waals surface area contributed by atoms with E-state index in [1.165, 1.54) is 16.7 Å². The van der Waals surface area contributed by atoms with Crippen LogP contribution in [0.3, 0.4) is 0 Å². The molecule has 3 aromatic rings. The monoisotopic (exact) mass is 376 g/mol. The molecular formula is C20H19F3N2O2. The molecule has 3 rings (SSSR count). The van der Waals surface area contributed by atoms with Crippen molar-refractivity contribution in [3.8, 4) is 16.9 Å². The zero-order valence-corrected chi connectivity index (χ0v) is 15.2. The molecule has 1 aromatic heterocycles. The number of rotatable bonds is 5. The highest BCUT2D eigenvalue weighted by molar-refractivity contribution is 5.96. The van der Waals surface area contributed by atoms with Crippen molar-refractivity contribution in [3.05, 3.63) is 64.3 Å². The highest BCUT2D eigenvalue weighted by atomic mass is 19.3. The molecule has 0 atom stereocenters. The third-order valence-electron chi connectivity index (χ3n) is 4.25. The van der Waals surface area contributed by atoms with Gasteiger partial charge in [0.1, 0.15) is 11.6 Å². The molecule has 0 N–H and O–H groups in total. The first-order valence-electron chi connectivity index (χ1n) is 8.28. The minimum absolute atomic E-state index is 0.0539. The van der Waals surface area contributed by atoms with E-state index in [0.717, 1.165) is 0 Å². The van der Waals surface area contributed by atoms with Crippen molar-refractivity contribution in [2.75, 3.05) is 14.1 Å². The Kier molecular flexibility index (Phi) is 5.23. The molecule has 0 saturated carbocycles. The van der Waals surface area contributed by atoms with Gasteiger partial charge in [-0.3, -0.25) is 4.79 Å². The van der Waals surface area contributed by atoms with Gasteiger partial charge in [-0.25, -0.2) is 4.39 Å². The molecule has 0 unspecified atom stereocenters. The van der Waals surface area contributed by atoms with Crippen molar-refractivity contribution in [2.24, 2.45) is 7.05 Å². The number of benzene rings is 2. The van der Waals surface area contributed by atoms with E-state index in [2.05, 4.69) is 4.74 Å². The summed E-state index contributed by atoms with van der Waals surface area (Å²) >= 11 is 0. The fourth-order valence-corrected chi connectivity index (χ4v) is 3.08.